The highest BCUT2D eigenvalue weighted by atomic mass is 16.5. The summed E-state index contributed by atoms with van der Waals surface area (Å²) in [5.74, 6) is -0.0362. The molecule has 0 radical (unpaired) electrons. The molecular formula is C16H15N3O3. The van der Waals surface area contributed by atoms with E-state index in [0.717, 1.165) is 11.3 Å². The Hall–Kier alpha value is -2.89. The fourth-order valence-corrected chi connectivity index (χ4v) is 2.27. The molecule has 0 unspecified atom stereocenters. The number of benzene rings is 1. The van der Waals surface area contributed by atoms with E-state index in [1.807, 2.05) is 24.3 Å². The molecule has 0 fully saturated rings. The van der Waals surface area contributed by atoms with Crippen LogP contribution >= 0.6 is 0 Å². The Labute approximate surface area is 127 Å². The minimum absolute atomic E-state index is 0.0668. The third-order valence-corrected chi connectivity index (χ3v) is 3.30. The van der Waals surface area contributed by atoms with Crippen molar-refractivity contribution in [2.24, 2.45) is 0 Å². The Bertz CT molecular complexity index is 688. The van der Waals surface area contributed by atoms with E-state index in [1.54, 1.807) is 29.4 Å². The second kappa shape index (κ2) is 6.26. The quantitative estimate of drug-likeness (QED) is 0.676. The largest absolute Gasteiger partial charge is 0.423 e. The van der Waals surface area contributed by atoms with Crippen LogP contribution in [0.25, 0.3) is 0 Å². The van der Waals surface area contributed by atoms with Gasteiger partial charge in [0.15, 0.2) is 5.75 Å². The first kappa shape index (κ1) is 14.1. The number of esters is 1. The average molecular weight is 297 g/mol. The molecule has 1 aromatic heterocycles. The summed E-state index contributed by atoms with van der Waals surface area (Å²) in [6.07, 6.45) is 3.38. The summed E-state index contributed by atoms with van der Waals surface area (Å²) >= 11 is 0. The first-order valence-corrected chi connectivity index (χ1v) is 6.92. The third-order valence-electron chi connectivity index (χ3n) is 3.30. The molecule has 1 amide bonds. The highest BCUT2D eigenvalue weighted by Gasteiger charge is 2.25. The van der Waals surface area contributed by atoms with E-state index in [1.165, 1.54) is 0 Å². The summed E-state index contributed by atoms with van der Waals surface area (Å²) in [5, 5.41) is 2.82. The van der Waals surface area contributed by atoms with Gasteiger partial charge in [-0.1, -0.05) is 18.2 Å². The number of nitrogens with zero attached hydrogens (tertiary/aromatic N) is 2. The molecule has 1 aromatic carbocycles. The van der Waals surface area contributed by atoms with Crippen LogP contribution in [0.5, 0.6) is 5.75 Å². The molecule has 112 valence electrons. The van der Waals surface area contributed by atoms with Gasteiger partial charge < -0.3 is 15.0 Å². The van der Waals surface area contributed by atoms with Gasteiger partial charge in [0.1, 0.15) is 6.54 Å². The number of amides is 1. The zero-order chi connectivity index (χ0) is 15.4. The Balaban J connectivity index is 1.63. The van der Waals surface area contributed by atoms with E-state index >= 15 is 0 Å². The predicted molar refractivity (Wildman–Crippen MR) is 80.4 cm³/mol. The van der Waals surface area contributed by atoms with Gasteiger partial charge in [-0.25, -0.2) is 4.79 Å². The van der Waals surface area contributed by atoms with E-state index in [9.17, 15) is 9.59 Å². The first-order chi connectivity index (χ1) is 10.7. The van der Waals surface area contributed by atoms with Gasteiger partial charge in [0.05, 0.1) is 12.2 Å². The Morgan fingerprint density at radius 3 is 2.95 bits per heavy atom. The molecule has 1 N–H and O–H groups in total. The second-order valence-electron chi connectivity index (χ2n) is 4.94. The van der Waals surface area contributed by atoms with Crippen molar-refractivity contribution < 1.29 is 14.3 Å². The summed E-state index contributed by atoms with van der Waals surface area (Å²) in [7, 11) is 0. The fourth-order valence-electron chi connectivity index (χ4n) is 2.27. The van der Waals surface area contributed by atoms with Gasteiger partial charge in [-0.3, -0.25) is 9.78 Å². The minimum atomic E-state index is -0.362. The Kier molecular flexibility index (Phi) is 4.00. The van der Waals surface area contributed by atoms with Crippen molar-refractivity contribution >= 4 is 17.6 Å². The van der Waals surface area contributed by atoms with E-state index < -0.39 is 0 Å². The average Bonchev–Trinajstić information content (AvgIpc) is 2.54. The number of anilines is 1. The minimum Gasteiger partial charge on any atom is -0.423 e. The van der Waals surface area contributed by atoms with Gasteiger partial charge in [0.25, 0.3) is 0 Å². The van der Waals surface area contributed by atoms with Gasteiger partial charge in [-0.2, -0.15) is 0 Å². The van der Waals surface area contributed by atoms with Crippen LogP contribution in [0, 0.1) is 0 Å². The van der Waals surface area contributed by atoms with Crippen molar-refractivity contribution in [3.05, 3.63) is 54.4 Å². The monoisotopic (exact) mass is 297 g/mol. The lowest BCUT2D eigenvalue weighted by Gasteiger charge is -2.29. The van der Waals surface area contributed by atoms with Crippen molar-refractivity contribution in [2.75, 3.05) is 18.0 Å². The number of rotatable bonds is 4. The number of nitrogens with one attached hydrogen (secondary N) is 1. The number of pyridine rings is 1. The van der Waals surface area contributed by atoms with Gasteiger partial charge in [-0.15, -0.1) is 0 Å². The molecular weight excluding hydrogens is 282 g/mol. The summed E-state index contributed by atoms with van der Waals surface area (Å²) in [5.41, 5.74) is 1.67. The zero-order valence-electron chi connectivity index (χ0n) is 11.9. The topological polar surface area (TPSA) is 71.5 Å². The SMILES string of the molecule is O=C(CN1CC(=O)Oc2ccccc21)NCc1cccnc1. The van der Waals surface area contributed by atoms with Crippen LogP contribution in [0.4, 0.5) is 5.69 Å². The first-order valence-electron chi connectivity index (χ1n) is 6.92. The summed E-state index contributed by atoms with van der Waals surface area (Å²) < 4.78 is 5.15. The van der Waals surface area contributed by atoms with Crippen molar-refractivity contribution in [3.8, 4) is 5.75 Å². The highest BCUT2D eigenvalue weighted by Crippen LogP contribution is 2.30. The second-order valence-corrected chi connectivity index (χ2v) is 4.94. The van der Waals surface area contributed by atoms with E-state index in [0.29, 0.717) is 12.3 Å². The molecule has 0 aliphatic carbocycles. The molecule has 0 atom stereocenters. The maximum absolute atomic E-state index is 12.1. The smallest absolute Gasteiger partial charge is 0.331 e. The maximum atomic E-state index is 12.1. The van der Waals surface area contributed by atoms with Crippen LogP contribution < -0.4 is 15.0 Å². The molecule has 2 aromatic rings. The molecule has 0 spiro atoms. The van der Waals surface area contributed by atoms with Crippen LogP contribution in [0.2, 0.25) is 0 Å². The van der Waals surface area contributed by atoms with E-state index in [2.05, 4.69) is 10.3 Å². The molecule has 2 heterocycles. The molecule has 6 heteroatoms. The molecule has 22 heavy (non-hydrogen) atoms. The molecule has 6 nitrogen and oxygen atoms in total. The molecule has 0 saturated carbocycles. The van der Waals surface area contributed by atoms with Gasteiger partial charge in [-0.05, 0) is 23.8 Å². The number of aromatic nitrogens is 1. The van der Waals surface area contributed by atoms with Crippen LogP contribution in [0.3, 0.4) is 0 Å². The van der Waals surface area contributed by atoms with Gasteiger partial charge >= 0.3 is 5.97 Å². The van der Waals surface area contributed by atoms with Crippen molar-refractivity contribution in [3.63, 3.8) is 0 Å². The van der Waals surface area contributed by atoms with Crippen LogP contribution in [-0.2, 0) is 16.1 Å². The number of fused-ring (bicyclic) bond motifs is 1. The third kappa shape index (κ3) is 3.22. The van der Waals surface area contributed by atoms with E-state index in [4.69, 9.17) is 4.74 Å². The highest BCUT2D eigenvalue weighted by molar-refractivity contribution is 5.89. The Morgan fingerprint density at radius 1 is 1.27 bits per heavy atom. The molecule has 0 saturated heterocycles. The lowest BCUT2D eigenvalue weighted by molar-refractivity contribution is -0.133. The fraction of sp³-hybridized carbons (Fsp3) is 0.188. The summed E-state index contributed by atoms with van der Waals surface area (Å²) in [6, 6.07) is 10.9. The van der Waals surface area contributed by atoms with Crippen LogP contribution in [0.15, 0.2) is 48.8 Å². The lowest BCUT2D eigenvalue weighted by Crippen LogP contribution is -2.43. The van der Waals surface area contributed by atoms with Crippen molar-refractivity contribution in [1.82, 2.24) is 10.3 Å². The number of hydrogen-bond donors (Lipinski definition) is 1. The van der Waals surface area contributed by atoms with Crippen molar-refractivity contribution in [1.29, 1.82) is 0 Å². The Morgan fingerprint density at radius 2 is 2.14 bits per heavy atom. The molecule has 3 rings (SSSR count). The molecule has 1 aliphatic rings. The van der Waals surface area contributed by atoms with Gasteiger partial charge in [0, 0.05) is 18.9 Å². The lowest BCUT2D eigenvalue weighted by atomic mass is 10.2. The summed E-state index contributed by atoms with van der Waals surface area (Å²) in [6.45, 7) is 0.580. The van der Waals surface area contributed by atoms with Crippen molar-refractivity contribution in [2.45, 2.75) is 6.54 Å². The number of para-hydroxylation sites is 2. The number of hydrogen-bond acceptors (Lipinski definition) is 5. The maximum Gasteiger partial charge on any atom is 0.331 e. The molecule has 0 bridgehead atoms. The van der Waals surface area contributed by atoms with Crippen LogP contribution in [0.1, 0.15) is 5.56 Å². The van der Waals surface area contributed by atoms with E-state index in [-0.39, 0.29) is 25.0 Å². The number of carbonyl (C=O) groups excluding carboxylic acids is 2. The molecule has 1 aliphatic heterocycles. The number of carbonyl (C=O) groups is 2. The zero-order valence-corrected chi connectivity index (χ0v) is 11.9. The predicted octanol–water partition coefficient (Wildman–Crippen LogP) is 1.12. The van der Waals surface area contributed by atoms with Crippen LogP contribution in [-0.4, -0.2) is 29.9 Å². The number of ether oxygens (including phenoxy) is 1. The normalized spacial score (nSPS) is 13.3. The standard InChI is InChI=1S/C16H15N3O3/c20-15(18-9-12-4-3-7-17-8-12)10-19-11-16(21)22-14-6-2-1-5-13(14)19/h1-8H,9-11H2,(H,18,20). The summed E-state index contributed by atoms with van der Waals surface area (Å²) in [4.78, 5) is 29.4. The van der Waals surface area contributed by atoms with Gasteiger partial charge in [0.2, 0.25) is 5.91 Å².